The summed E-state index contributed by atoms with van der Waals surface area (Å²) in [5.41, 5.74) is 0. The van der Waals surface area contributed by atoms with Crippen LogP contribution in [-0.2, 0) is 19.2 Å². The Hall–Kier alpha value is -2.12. The molecule has 8 atom stereocenters. The summed E-state index contributed by atoms with van der Waals surface area (Å²) in [5, 5.41) is 38.1. The zero-order valence-corrected chi connectivity index (χ0v) is 12.9. The fourth-order valence-corrected chi connectivity index (χ4v) is 5.76. The molecule has 0 aliphatic heterocycles. The van der Waals surface area contributed by atoms with Crippen LogP contribution in [0.2, 0.25) is 0 Å². The summed E-state index contributed by atoms with van der Waals surface area (Å²) in [6.07, 6.45) is 3.33. The molecule has 8 heteroatoms. The number of carboxylic acid groups (broad SMARTS) is 4. The molecule has 3 aliphatic rings. The summed E-state index contributed by atoms with van der Waals surface area (Å²) in [7, 11) is 0. The molecule has 3 fully saturated rings. The first-order valence-corrected chi connectivity index (χ1v) is 8.18. The van der Waals surface area contributed by atoms with Crippen molar-refractivity contribution in [1.29, 1.82) is 0 Å². The van der Waals surface area contributed by atoms with E-state index in [9.17, 15) is 39.6 Å². The van der Waals surface area contributed by atoms with Gasteiger partial charge in [0.25, 0.3) is 0 Å². The van der Waals surface area contributed by atoms with Gasteiger partial charge in [-0.1, -0.05) is 12.8 Å². The second kappa shape index (κ2) is 5.75. The Morgan fingerprint density at radius 2 is 0.833 bits per heavy atom. The molecular weight excluding hydrogens is 320 g/mol. The Kier molecular flexibility index (Phi) is 4.01. The lowest BCUT2D eigenvalue weighted by atomic mass is 9.39. The molecule has 3 aliphatic carbocycles. The molecule has 0 amide bonds. The van der Waals surface area contributed by atoms with Gasteiger partial charge in [-0.05, 0) is 36.5 Å². The molecule has 3 rings (SSSR count). The van der Waals surface area contributed by atoms with Crippen LogP contribution in [0.25, 0.3) is 0 Å². The molecule has 0 radical (unpaired) electrons. The SMILES string of the molecule is O=C(O)C1C(C(=O)O)C(C(=O)O)C2C3CCCCC3C2C1C(=O)O. The highest BCUT2D eigenvalue weighted by Gasteiger charge is 2.69. The molecule has 0 aromatic carbocycles. The highest BCUT2D eigenvalue weighted by molar-refractivity contribution is 5.90. The first-order chi connectivity index (χ1) is 11.3. The number of fused-ring (bicyclic) bond motifs is 4. The van der Waals surface area contributed by atoms with Crippen LogP contribution < -0.4 is 0 Å². The number of carbonyl (C=O) groups is 4. The van der Waals surface area contributed by atoms with Gasteiger partial charge < -0.3 is 20.4 Å². The van der Waals surface area contributed by atoms with Gasteiger partial charge >= 0.3 is 23.9 Å². The molecule has 8 unspecified atom stereocenters. The zero-order valence-electron chi connectivity index (χ0n) is 12.9. The lowest BCUT2D eigenvalue weighted by Crippen LogP contribution is -2.66. The van der Waals surface area contributed by atoms with Gasteiger partial charge in [0.1, 0.15) is 0 Å². The summed E-state index contributed by atoms with van der Waals surface area (Å²) >= 11 is 0. The molecule has 0 aromatic rings. The maximum atomic E-state index is 11.8. The van der Waals surface area contributed by atoms with Gasteiger partial charge in [-0.25, -0.2) is 0 Å². The number of aliphatic carboxylic acids is 4. The van der Waals surface area contributed by atoms with E-state index in [1.54, 1.807) is 0 Å². The Bertz CT molecular complexity index is 547. The normalized spacial score (nSPS) is 43.7. The van der Waals surface area contributed by atoms with E-state index in [0.717, 1.165) is 25.7 Å². The van der Waals surface area contributed by atoms with Crippen molar-refractivity contribution in [3.8, 4) is 0 Å². The van der Waals surface area contributed by atoms with Crippen molar-refractivity contribution in [2.24, 2.45) is 47.3 Å². The number of carboxylic acids is 4. The lowest BCUT2D eigenvalue weighted by molar-refractivity contribution is -0.215. The van der Waals surface area contributed by atoms with E-state index >= 15 is 0 Å². The first-order valence-electron chi connectivity index (χ1n) is 8.18. The van der Waals surface area contributed by atoms with Crippen LogP contribution in [-0.4, -0.2) is 44.3 Å². The van der Waals surface area contributed by atoms with Crippen LogP contribution >= 0.6 is 0 Å². The summed E-state index contributed by atoms with van der Waals surface area (Å²) in [4.78, 5) is 46.9. The largest absolute Gasteiger partial charge is 0.481 e. The Morgan fingerprint density at radius 3 is 1.08 bits per heavy atom. The van der Waals surface area contributed by atoms with E-state index in [2.05, 4.69) is 0 Å². The predicted molar refractivity (Wildman–Crippen MR) is 76.9 cm³/mol. The fourth-order valence-electron chi connectivity index (χ4n) is 5.76. The average Bonchev–Trinajstić information content (AvgIpc) is 2.49. The van der Waals surface area contributed by atoms with Crippen molar-refractivity contribution < 1.29 is 39.6 Å². The van der Waals surface area contributed by atoms with Crippen LogP contribution in [0.5, 0.6) is 0 Å². The Balaban J connectivity index is 2.10. The van der Waals surface area contributed by atoms with Crippen molar-refractivity contribution in [3.05, 3.63) is 0 Å². The second-order valence-corrected chi connectivity index (χ2v) is 7.22. The monoisotopic (exact) mass is 340 g/mol. The predicted octanol–water partition coefficient (Wildman–Crippen LogP) is 0.856. The third-order valence-electron chi connectivity index (χ3n) is 6.44. The third kappa shape index (κ3) is 2.19. The van der Waals surface area contributed by atoms with Crippen molar-refractivity contribution in [1.82, 2.24) is 0 Å². The molecule has 132 valence electrons. The van der Waals surface area contributed by atoms with Crippen molar-refractivity contribution in [2.45, 2.75) is 25.7 Å². The summed E-state index contributed by atoms with van der Waals surface area (Å²) in [6, 6.07) is 0. The molecule has 0 saturated heterocycles. The quantitative estimate of drug-likeness (QED) is 0.588. The van der Waals surface area contributed by atoms with Crippen LogP contribution in [0.4, 0.5) is 0 Å². The lowest BCUT2D eigenvalue weighted by Gasteiger charge is -2.63. The van der Waals surface area contributed by atoms with Crippen molar-refractivity contribution in [3.63, 3.8) is 0 Å². The van der Waals surface area contributed by atoms with Gasteiger partial charge in [-0.2, -0.15) is 0 Å². The van der Waals surface area contributed by atoms with Crippen molar-refractivity contribution in [2.75, 3.05) is 0 Å². The minimum atomic E-state index is -1.72. The topological polar surface area (TPSA) is 149 Å². The highest BCUT2D eigenvalue weighted by Crippen LogP contribution is 2.65. The standard InChI is InChI=1S/C16H20O8/c17-13(18)9-7-5-3-1-2-4-6(5)8(7)10(14(19)20)12(16(23)24)11(9)15(21)22/h5-12H,1-4H2,(H,17,18)(H,19,20)(H,21,22)(H,23,24). The van der Waals surface area contributed by atoms with Gasteiger partial charge in [0.2, 0.25) is 0 Å². The molecule has 0 aromatic heterocycles. The van der Waals surface area contributed by atoms with E-state index in [1.165, 1.54) is 0 Å². The van der Waals surface area contributed by atoms with Gasteiger partial charge in [0.15, 0.2) is 0 Å². The molecular formula is C16H20O8. The van der Waals surface area contributed by atoms with Gasteiger partial charge in [0, 0.05) is 0 Å². The van der Waals surface area contributed by atoms with Gasteiger partial charge in [-0.15, -0.1) is 0 Å². The van der Waals surface area contributed by atoms with Gasteiger partial charge in [0.05, 0.1) is 23.7 Å². The Labute approximate surface area is 137 Å². The summed E-state index contributed by atoms with van der Waals surface area (Å²) < 4.78 is 0. The van der Waals surface area contributed by atoms with Crippen LogP contribution in [0.3, 0.4) is 0 Å². The molecule has 4 N–H and O–H groups in total. The van der Waals surface area contributed by atoms with E-state index < -0.39 is 59.4 Å². The molecule has 8 nitrogen and oxygen atoms in total. The molecule has 0 bridgehead atoms. The Morgan fingerprint density at radius 1 is 0.542 bits per heavy atom. The summed E-state index contributed by atoms with van der Waals surface area (Å²) in [5.74, 6) is -13.0. The fraction of sp³-hybridized carbons (Fsp3) is 0.750. The third-order valence-corrected chi connectivity index (χ3v) is 6.44. The minimum absolute atomic E-state index is 0.0108. The van der Waals surface area contributed by atoms with Crippen LogP contribution in [0.1, 0.15) is 25.7 Å². The highest BCUT2D eigenvalue weighted by atomic mass is 16.4. The maximum absolute atomic E-state index is 11.8. The molecule has 3 saturated carbocycles. The number of rotatable bonds is 4. The number of hydrogen-bond acceptors (Lipinski definition) is 4. The van der Waals surface area contributed by atoms with E-state index in [0.29, 0.717) is 0 Å². The molecule has 0 heterocycles. The second-order valence-electron chi connectivity index (χ2n) is 7.22. The van der Waals surface area contributed by atoms with E-state index in [4.69, 9.17) is 0 Å². The molecule has 0 spiro atoms. The van der Waals surface area contributed by atoms with E-state index in [1.807, 2.05) is 0 Å². The molecule has 24 heavy (non-hydrogen) atoms. The van der Waals surface area contributed by atoms with Crippen molar-refractivity contribution >= 4 is 23.9 Å². The van der Waals surface area contributed by atoms with Gasteiger partial charge in [-0.3, -0.25) is 19.2 Å². The minimum Gasteiger partial charge on any atom is -0.481 e. The zero-order chi connectivity index (χ0) is 17.8. The van der Waals surface area contributed by atoms with E-state index in [-0.39, 0.29) is 11.8 Å². The first kappa shape index (κ1) is 16.7. The average molecular weight is 340 g/mol. The number of hydrogen-bond donors (Lipinski definition) is 4. The summed E-state index contributed by atoms with van der Waals surface area (Å²) in [6.45, 7) is 0. The van der Waals surface area contributed by atoms with Crippen LogP contribution in [0.15, 0.2) is 0 Å². The maximum Gasteiger partial charge on any atom is 0.308 e. The smallest absolute Gasteiger partial charge is 0.308 e. The van der Waals surface area contributed by atoms with Crippen LogP contribution in [0, 0.1) is 47.3 Å².